The van der Waals surface area contributed by atoms with Gasteiger partial charge >= 0.3 is 0 Å². The van der Waals surface area contributed by atoms with Gasteiger partial charge in [0.1, 0.15) is 0 Å². The van der Waals surface area contributed by atoms with Crippen LogP contribution in [0.25, 0.3) is 0 Å². The molecule has 0 unspecified atom stereocenters. The molecule has 0 saturated heterocycles. The second kappa shape index (κ2) is 4.87. The van der Waals surface area contributed by atoms with E-state index >= 15 is 0 Å². The van der Waals surface area contributed by atoms with Gasteiger partial charge in [-0.15, -0.1) is 0 Å². The molecule has 4 saturated carbocycles. The highest BCUT2D eigenvalue weighted by molar-refractivity contribution is 5.15. The Bertz CT molecular complexity index is 429. The van der Waals surface area contributed by atoms with Crippen molar-refractivity contribution in [1.29, 1.82) is 0 Å². The van der Waals surface area contributed by atoms with Crippen molar-refractivity contribution in [1.82, 2.24) is 5.32 Å². The zero-order chi connectivity index (χ0) is 13.6. The van der Waals surface area contributed by atoms with Crippen molar-refractivity contribution in [3.63, 3.8) is 0 Å². The number of rotatable bonds is 4. The molecule has 4 aliphatic carbocycles. The van der Waals surface area contributed by atoms with Crippen LogP contribution < -0.4 is 5.32 Å². The van der Waals surface area contributed by atoms with Crippen LogP contribution in [-0.2, 0) is 6.54 Å². The molecule has 4 aliphatic rings. The zero-order valence-electron chi connectivity index (χ0n) is 12.6. The van der Waals surface area contributed by atoms with Crippen LogP contribution in [0, 0.1) is 23.2 Å². The van der Waals surface area contributed by atoms with Crippen molar-refractivity contribution in [2.75, 3.05) is 0 Å². The van der Waals surface area contributed by atoms with Crippen LogP contribution in [0.1, 0.15) is 51.0 Å². The standard InChI is InChI=1S/C19H27N/c1-14(20-13-15-5-3-2-4-6-15)19-10-16-7-17(11-19)9-18(8-16)12-19/h2-6,14,16-18,20H,7-13H2,1H3/t14-,16?,17?,18?,19?/m0/s1. The van der Waals surface area contributed by atoms with Crippen LogP contribution in [-0.4, -0.2) is 6.04 Å². The van der Waals surface area contributed by atoms with Gasteiger partial charge in [0.15, 0.2) is 0 Å². The van der Waals surface area contributed by atoms with Crippen molar-refractivity contribution < 1.29 is 0 Å². The lowest BCUT2D eigenvalue weighted by Crippen LogP contribution is -2.54. The molecule has 20 heavy (non-hydrogen) atoms. The maximum absolute atomic E-state index is 3.86. The first kappa shape index (κ1) is 12.9. The first-order chi connectivity index (χ1) is 9.73. The lowest BCUT2D eigenvalue weighted by molar-refractivity contribution is -0.0706. The van der Waals surface area contributed by atoms with Gasteiger partial charge in [0.2, 0.25) is 0 Å². The van der Waals surface area contributed by atoms with Crippen molar-refractivity contribution in [2.45, 2.75) is 58.0 Å². The first-order valence-corrected chi connectivity index (χ1v) is 8.51. The molecule has 1 aromatic rings. The highest BCUT2D eigenvalue weighted by atomic mass is 14.9. The van der Waals surface area contributed by atoms with E-state index in [1.165, 1.54) is 24.8 Å². The fraction of sp³-hybridized carbons (Fsp3) is 0.684. The van der Waals surface area contributed by atoms with E-state index in [0.29, 0.717) is 11.5 Å². The van der Waals surface area contributed by atoms with Crippen molar-refractivity contribution >= 4 is 0 Å². The molecule has 1 atom stereocenters. The Morgan fingerprint density at radius 1 is 1.00 bits per heavy atom. The smallest absolute Gasteiger partial charge is 0.0208 e. The van der Waals surface area contributed by atoms with E-state index in [9.17, 15) is 0 Å². The quantitative estimate of drug-likeness (QED) is 0.855. The average molecular weight is 269 g/mol. The summed E-state index contributed by atoms with van der Waals surface area (Å²) in [6.07, 6.45) is 9.14. The summed E-state index contributed by atoms with van der Waals surface area (Å²) in [6, 6.07) is 11.5. The van der Waals surface area contributed by atoms with Crippen molar-refractivity contribution in [2.24, 2.45) is 23.2 Å². The number of hydrogen-bond acceptors (Lipinski definition) is 1. The summed E-state index contributed by atoms with van der Waals surface area (Å²) < 4.78 is 0. The molecule has 1 aromatic carbocycles. The number of nitrogens with one attached hydrogen (secondary N) is 1. The highest BCUT2D eigenvalue weighted by Crippen LogP contribution is 2.61. The van der Waals surface area contributed by atoms with E-state index in [2.05, 4.69) is 42.6 Å². The molecule has 0 radical (unpaired) electrons. The van der Waals surface area contributed by atoms with E-state index in [0.717, 1.165) is 24.3 Å². The Morgan fingerprint density at radius 2 is 1.55 bits per heavy atom. The largest absolute Gasteiger partial charge is 0.310 e. The average Bonchev–Trinajstić information content (AvgIpc) is 2.44. The van der Waals surface area contributed by atoms with Gasteiger partial charge in [-0.2, -0.15) is 0 Å². The van der Waals surface area contributed by atoms with Gasteiger partial charge in [-0.3, -0.25) is 0 Å². The molecule has 0 heterocycles. The second-order valence-corrected chi connectivity index (χ2v) is 7.87. The molecular formula is C19H27N. The van der Waals surface area contributed by atoms with Gasteiger partial charge in [-0.1, -0.05) is 30.3 Å². The predicted molar refractivity (Wildman–Crippen MR) is 83.3 cm³/mol. The summed E-state index contributed by atoms with van der Waals surface area (Å²) in [4.78, 5) is 0. The monoisotopic (exact) mass is 269 g/mol. The Labute approximate surface area is 123 Å². The molecular weight excluding hydrogens is 242 g/mol. The fourth-order valence-electron chi connectivity index (χ4n) is 5.79. The lowest BCUT2D eigenvalue weighted by Gasteiger charge is -2.59. The molecule has 4 bridgehead atoms. The van der Waals surface area contributed by atoms with E-state index in [1.54, 1.807) is 19.3 Å². The molecule has 5 rings (SSSR count). The van der Waals surface area contributed by atoms with Gasteiger partial charge in [-0.05, 0) is 74.2 Å². The van der Waals surface area contributed by atoms with Gasteiger partial charge < -0.3 is 5.32 Å². The minimum Gasteiger partial charge on any atom is -0.310 e. The normalized spacial score (nSPS) is 40.0. The molecule has 0 aliphatic heterocycles. The van der Waals surface area contributed by atoms with E-state index < -0.39 is 0 Å². The second-order valence-electron chi connectivity index (χ2n) is 7.87. The first-order valence-electron chi connectivity index (χ1n) is 8.51. The Morgan fingerprint density at radius 3 is 2.10 bits per heavy atom. The predicted octanol–water partition coefficient (Wildman–Crippen LogP) is 4.38. The van der Waals surface area contributed by atoms with E-state index in [-0.39, 0.29) is 0 Å². The third-order valence-electron chi connectivity index (χ3n) is 6.46. The molecule has 1 heteroatoms. The molecule has 0 aromatic heterocycles. The van der Waals surface area contributed by atoms with Gasteiger partial charge in [0.05, 0.1) is 0 Å². The molecule has 108 valence electrons. The van der Waals surface area contributed by atoms with Crippen LogP contribution in [0.4, 0.5) is 0 Å². The van der Waals surface area contributed by atoms with Crippen LogP contribution in [0.15, 0.2) is 30.3 Å². The SMILES string of the molecule is C[C@H](NCc1ccccc1)C12CC3CC(CC(C3)C1)C2. The number of benzene rings is 1. The zero-order valence-corrected chi connectivity index (χ0v) is 12.6. The van der Waals surface area contributed by atoms with Crippen LogP contribution >= 0.6 is 0 Å². The Balaban J connectivity index is 1.44. The van der Waals surface area contributed by atoms with Crippen LogP contribution in [0.3, 0.4) is 0 Å². The van der Waals surface area contributed by atoms with Gasteiger partial charge in [0, 0.05) is 12.6 Å². The van der Waals surface area contributed by atoms with Crippen LogP contribution in [0.5, 0.6) is 0 Å². The number of hydrogen-bond donors (Lipinski definition) is 1. The topological polar surface area (TPSA) is 12.0 Å². The third-order valence-corrected chi connectivity index (χ3v) is 6.46. The summed E-state index contributed by atoms with van der Waals surface area (Å²) in [6.45, 7) is 3.49. The third kappa shape index (κ3) is 2.20. The van der Waals surface area contributed by atoms with E-state index in [4.69, 9.17) is 0 Å². The fourth-order valence-corrected chi connectivity index (χ4v) is 5.79. The van der Waals surface area contributed by atoms with Gasteiger partial charge in [0.25, 0.3) is 0 Å². The molecule has 4 fully saturated rings. The summed E-state index contributed by atoms with van der Waals surface area (Å²) >= 11 is 0. The van der Waals surface area contributed by atoms with Crippen molar-refractivity contribution in [3.05, 3.63) is 35.9 Å². The summed E-state index contributed by atoms with van der Waals surface area (Å²) in [5.41, 5.74) is 2.05. The Hall–Kier alpha value is -0.820. The molecule has 0 amide bonds. The minimum absolute atomic E-state index is 0.629. The summed E-state index contributed by atoms with van der Waals surface area (Å²) in [5.74, 6) is 3.17. The maximum Gasteiger partial charge on any atom is 0.0208 e. The maximum atomic E-state index is 3.86. The molecule has 1 N–H and O–H groups in total. The van der Waals surface area contributed by atoms with Crippen LogP contribution in [0.2, 0.25) is 0 Å². The lowest BCUT2D eigenvalue weighted by atomic mass is 9.48. The van der Waals surface area contributed by atoms with E-state index in [1.807, 2.05) is 0 Å². The van der Waals surface area contributed by atoms with Gasteiger partial charge in [-0.25, -0.2) is 0 Å². The minimum atomic E-state index is 0.629. The molecule has 1 nitrogen and oxygen atoms in total. The Kier molecular flexibility index (Phi) is 3.14. The highest BCUT2D eigenvalue weighted by Gasteiger charge is 2.52. The van der Waals surface area contributed by atoms with Crippen molar-refractivity contribution in [3.8, 4) is 0 Å². The summed E-state index contributed by atoms with van der Waals surface area (Å²) in [7, 11) is 0. The molecule has 0 spiro atoms. The summed E-state index contributed by atoms with van der Waals surface area (Å²) in [5, 5.41) is 3.86.